The molecule has 0 aliphatic heterocycles. The van der Waals surface area contributed by atoms with Crippen LogP contribution in [0.15, 0.2) is 35.3 Å². The molecule has 0 fully saturated rings. The maximum atomic E-state index is 10.6. The molecule has 0 spiro atoms. The first-order chi connectivity index (χ1) is 8.09. The van der Waals surface area contributed by atoms with Gasteiger partial charge < -0.3 is 0 Å². The van der Waals surface area contributed by atoms with Gasteiger partial charge in [-0.1, -0.05) is 0 Å². The normalized spacial score (nSPS) is 13.4. The average Bonchev–Trinajstić information content (AvgIpc) is 2.34. The fourth-order valence-electron chi connectivity index (χ4n) is 1.03. The number of benzene rings is 1. The monoisotopic (exact) mass is 318 g/mol. The summed E-state index contributed by atoms with van der Waals surface area (Å²) in [5, 5.41) is 8.68. The molecule has 1 unspecified atom stereocenters. The van der Waals surface area contributed by atoms with Crippen LogP contribution in [-0.4, -0.2) is 42.8 Å². The summed E-state index contributed by atoms with van der Waals surface area (Å²) in [6.45, 7) is 0.602. The van der Waals surface area contributed by atoms with E-state index in [4.69, 9.17) is 5.11 Å². The van der Waals surface area contributed by atoms with Crippen molar-refractivity contribution in [3.05, 3.63) is 35.9 Å². The summed E-state index contributed by atoms with van der Waals surface area (Å²) < 4.78 is 0.767. The molecule has 0 bridgehead atoms. The second-order valence-electron chi connectivity index (χ2n) is 3.41. The third-order valence-electron chi connectivity index (χ3n) is 1.99. The van der Waals surface area contributed by atoms with E-state index >= 15 is 0 Å². The van der Waals surface area contributed by atoms with Crippen LogP contribution in [0.3, 0.4) is 0 Å². The molecule has 0 aromatic heterocycles. The van der Waals surface area contributed by atoms with Gasteiger partial charge in [0.1, 0.15) is 0 Å². The molecule has 6 heteroatoms. The molecule has 0 saturated carbocycles. The number of quaternary nitrogens is 1. The maximum absolute atomic E-state index is 10.6. The van der Waals surface area contributed by atoms with Crippen LogP contribution in [0.2, 0.25) is 0 Å². The van der Waals surface area contributed by atoms with Gasteiger partial charge in [-0.25, -0.2) is 0 Å². The predicted molar refractivity (Wildman–Crippen MR) is 70.1 cm³/mol. The van der Waals surface area contributed by atoms with Crippen molar-refractivity contribution in [3.8, 4) is 0 Å². The quantitative estimate of drug-likeness (QED) is 0.461. The molecule has 1 rings (SSSR count). The standard InChI is InChI=1S/C11H13N2O2SSe/c12-9(10(14)15)7-16-11(17)13-6-8-4-2-1-3-5-8/h1-5,9H,6-7,12H2,(H,14,15)/p+1. The third-order valence-corrected chi connectivity index (χ3v) is 3.95. The number of thioether (sulfide) groups is 1. The zero-order valence-corrected chi connectivity index (χ0v) is 11.7. The summed E-state index contributed by atoms with van der Waals surface area (Å²) in [4.78, 5) is 14.9. The van der Waals surface area contributed by atoms with Crippen LogP contribution in [-0.2, 0) is 11.3 Å². The minimum atomic E-state index is -0.881. The van der Waals surface area contributed by atoms with Crippen LogP contribution in [0.4, 0.5) is 0 Å². The molecular weight excluding hydrogens is 303 g/mol. The SMILES string of the molecule is [NH3+]C(CSC([Se])=NCc1ccccc1)C(=O)O. The van der Waals surface area contributed by atoms with E-state index in [1.54, 1.807) is 0 Å². The van der Waals surface area contributed by atoms with Gasteiger partial charge >= 0.3 is 113 Å². The van der Waals surface area contributed by atoms with E-state index in [1.165, 1.54) is 11.8 Å². The van der Waals surface area contributed by atoms with Crippen LogP contribution >= 0.6 is 11.8 Å². The van der Waals surface area contributed by atoms with Crippen LogP contribution < -0.4 is 5.73 Å². The fourth-order valence-corrected chi connectivity index (χ4v) is 2.23. The zero-order chi connectivity index (χ0) is 12.7. The Morgan fingerprint density at radius 2 is 2.12 bits per heavy atom. The first kappa shape index (κ1) is 14.3. The third kappa shape index (κ3) is 5.89. The zero-order valence-electron chi connectivity index (χ0n) is 9.20. The Labute approximate surface area is 113 Å². The van der Waals surface area contributed by atoms with Crippen molar-refractivity contribution >= 4 is 37.7 Å². The first-order valence-corrected chi connectivity index (χ1v) is 6.88. The van der Waals surface area contributed by atoms with Crippen LogP contribution in [0.25, 0.3) is 0 Å². The van der Waals surface area contributed by atoms with E-state index in [0.717, 1.165) is 9.51 Å². The number of hydrogen-bond donors (Lipinski definition) is 2. The average molecular weight is 317 g/mol. The van der Waals surface area contributed by atoms with Crippen LogP contribution in [0.5, 0.6) is 0 Å². The number of aliphatic carboxylic acids is 1. The molecule has 1 aromatic rings. The second-order valence-corrected chi connectivity index (χ2v) is 5.82. The molecule has 4 nitrogen and oxygen atoms in total. The van der Waals surface area contributed by atoms with E-state index in [-0.39, 0.29) is 0 Å². The summed E-state index contributed by atoms with van der Waals surface area (Å²) in [6.07, 6.45) is 0. The second kappa shape index (κ2) is 7.50. The minimum absolute atomic E-state index is 0.427. The number of hydrogen-bond acceptors (Lipinski definition) is 3. The number of rotatable bonds is 5. The number of nitrogens with zero attached hydrogens (tertiary/aromatic N) is 1. The van der Waals surface area contributed by atoms with Crippen molar-refractivity contribution in [1.82, 2.24) is 0 Å². The summed E-state index contributed by atoms with van der Waals surface area (Å²) in [7, 11) is 0. The topological polar surface area (TPSA) is 77.3 Å². The molecule has 4 N–H and O–H groups in total. The fraction of sp³-hybridized carbons (Fsp3) is 0.273. The van der Waals surface area contributed by atoms with Gasteiger partial charge in [0.15, 0.2) is 0 Å². The summed E-state index contributed by atoms with van der Waals surface area (Å²) in [5.74, 6) is -0.455. The Balaban J connectivity index is 2.37. The van der Waals surface area contributed by atoms with E-state index < -0.39 is 12.0 Å². The van der Waals surface area contributed by atoms with E-state index in [0.29, 0.717) is 12.3 Å². The Hall–Kier alpha value is -0.811. The van der Waals surface area contributed by atoms with Gasteiger partial charge in [-0.3, -0.25) is 0 Å². The molecule has 0 saturated heterocycles. The van der Waals surface area contributed by atoms with Gasteiger partial charge in [0.25, 0.3) is 0 Å². The van der Waals surface area contributed by atoms with Crippen molar-refractivity contribution in [2.24, 2.45) is 4.99 Å². The Bertz CT molecular complexity index is 398. The van der Waals surface area contributed by atoms with Crippen molar-refractivity contribution in [1.29, 1.82) is 0 Å². The number of carboxylic acids is 1. The molecule has 91 valence electrons. The molecule has 17 heavy (non-hydrogen) atoms. The van der Waals surface area contributed by atoms with Gasteiger partial charge in [0.2, 0.25) is 0 Å². The van der Waals surface area contributed by atoms with Gasteiger partial charge in [-0.05, 0) is 0 Å². The first-order valence-electron chi connectivity index (χ1n) is 5.03. The summed E-state index contributed by atoms with van der Waals surface area (Å²) >= 11 is 4.22. The molecule has 1 atom stereocenters. The Morgan fingerprint density at radius 1 is 1.47 bits per heavy atom. The van der Waals surface area contributed by atoms with Crippen molar-refractivity contribution in [2.75, 3.05) is 5.75 Å². The van der Waals surface area contributed by atoms with Crippen molar-refractivity contribution in [2.45, 2.75) is 12.6 Å². The number of aliphatic imine (C=N–C) groups is 1. The number of carbonyl (C=O) groups is 1. The predicted octanol–water partition coefficient (Wildman–Crippen LogP) is 0.139. The number of carboxylic acid groups (broad SMARTS) is 1. The van der Waals surface area contributed by atoms with Gasteiger partial charge in [-0.2, -0.15) is 0 Å². The van der Waals surface area contributed by atoms with E-state index in [2.05, 4.69) is 26.7 Å². The van der Waals surface area contributed by atoms with Crippen molar-refractivity contribution < 1.29 is 15.6 Å². The molecule has 1 radical (unpaired) electrons. The van der Waals surface area contributed by atoms with Crippen LogP contribution in [0.1, 0.15) is 5.56 Å². The Kier molecular flexibility index (Phi) is 6.29. The summed E-state index contributed by atoms with van der Waals surface area (Å²) in [5.41, 5.74) is 4.67. The van der Waals surface area contributed by atoms with Gasteiger partial charge in [0.05, 0.1) is 0 Å². The molecule has 0 aliphatic carbocycles. The molecular formula is C11H14N2O2SSe+. The van der Waals surface area contributed by atoms with E-state index in [1.807, 2.05) is 30.3 Å². The van der Waals surface area contributed by atoms with Gasteiger partial charge in [-0.15, -0.1) is 0 Å². The van der Waals surface area contributed by atoms with Crippen LogP contribution in [0, 0.1) is 0 Å². The molecule has 0 heterocycles. The Morgan fingerprint density at radius 3 is 2.71 bits per heavy atom. The van der Waals surface area contributed by atoms with Crippen molar-refractivity contribution in [3.63, 3.8) is 0 Å². The molecule has 0 aliphatic rings. The summed E-state index contributed by atoms with van der Waals surface area (Å²) in [6, 6.07) is 9.30. The van der Waals surface area contributed by atoms with E-state index in [9.17, 15) is 4.79 Å². The molecule has 0 amide bonds. The molecule has 1 aromatic carbocycles. The van der Waals surface area contributed by atoms with Gasteiger partial charge in [0, 0.05) is 0 Å².